The smallest absolute Gasteiger partial charge is 0.187 e. The Labute approximate surface area is 340 Å². The maximum absolute atomic E-state index is 9.64. The molecule has 8 bridgehead atoms. The highest BCUT2D eigenvalue weighted by molar-refractivity contribution is 5.85. The van der Waals surface area contributed by atoms with Crippen LogP contribution in [0.5, 0.6) is 11.5 Å². The Morgan fingerprint density at radius 3 is 1.29 bits per heavy atom. The van der Waals surface area contributed by atoms with Gasteiger partial charge >= 0.3 is 0 Å². The standard InChI is InChI=1S/C50H39N7O2/c1-53-36-14-8-33(9-15-36)48-41-22-26-44(56-41)49(34-10-16-37(58-2)17-11-34)43-24-20-39(54-43)47(32-6-4-31(30-52)5-7-32)40-21-25-45(55-40)50(46-27-23-42(48)57-46)35-12-18-38(19-13-35)59-29-3-28-51/h4-27,54-57H,3,28-29,51H2,2H3. The van der Waals surface area contributed by atoms with Crippen LogP contribution in [0.15, 0.2) is 146 Å². The number of H-pyrrole nitrogens is 4. The van der Waals surface area contributed by atoms with Crippen LogP contribution in [0.2, 0.25) is 0 Å². The molecule has 1 aliphatic rings. The van der Waals surface area contributed by atoms with Crippen LogP contribution in [-0.4, -0.2) is 40.2 Å². The zero-order valence-corrected chi connectivity index (χ0v) is 32.3. The van der Waals surface area contributed by atoms with Crippen molar-refractivity contribution in [2.24, 2.45) is 5.73 Å². The van der Waals surface area contributed by atoms with Crippen LogP contribution in [0, 0.1) is 17.9 Å². The molecule has 9 nitrogen and oxygen atoms in total. The van der Waals surface area contributed by atoms with Crippen molar-refractivity contribution in [1.29, 1.82) is 5.26 Å². The minimum Gasteiger partial charge on any atom is -0.497 e. The van der Waals surface area contributed by atoms with E-state index in [2.05, 4.69) is 104 Å². The number of benzene rings is 4. The van der Waals surface area contributed by atoms with Gasteiger partial charge in [-0.2, -0.15) is 5.26 Å². The molecule has 0 aliphatic carbocycles. The third-order valence-electron chi connectivity index (χ3n) is 10.6. The molecule has 0 atom stereocenters. The molecular formula is C50H39N7O2. The van der Waals surface area contributed by atoms with Crippen molar-refractivity contribution in [3.8, 4) is 17.6 Å². The highest BCUT2D eigenvalue weighted by atomic mass is 16.5. The second-order valence-electron chi connectivity index (χ2n) is 14.2. The summed E-state index contributed by atoms with van der Waals surface area (Å²) in [5.74, 6) is 1.55. The summed E-state index contributed by atoms with van der Waals surface area (Å²) in [6.07, 6.45) is 0.776. The van der Waals surface area contributed by atoms with Gasteiger partial charge in [0.2, 0.25) is 0 Å². The first-order valence-corrected chi connectivity index (χ1v) is 19.4. The maximum atomic E-state index is 9.64. The monoisotopic (exact) mass is 769 g/mol. The van der Waals surface area contributed by atoms with E-state index in [-0.39, 0.29) is 0 Å². The van der Waals surface area contributed by atoms with Crippen LogP contribution >= 0.6 is 0 Å². The van der Waals surface area contributed by atoms with E-state index in [0.717, 1.165) is 107 Å². The lowest BCUT2D eigenvalue weighted by molar-refractivity contribution is 0.313. The lowest BCUT2D eigenvalue weighted by Crippen LogP contribution is -2.19. The molecule has 0 fully saturated rings. The number of rotatable bonds is 9. The van der Waals surface area contributed by atoms with Crippen molar-refractivity contribution in [1.82, 2.24) is 19.9 Å². The van der Waals surface area contributed by atoms with E-state index in [9.17, 15) is 5.26 Å². The Morgan fingerprint density at radius 2 is 0.915 bits per heavy atom. The van der Waals surface area contributed by atoms with Crippen molar-refractivity contribution in [3.05, 3.63) is 229 Å². The number of nitrogens with two attached hydrogens (primary N) is 1. The first-order chi connectivity index (χ1) is 29.0. The van der Waals surface area contributed by atoms with Gasteiger partial charge in [0.05, 0.1) is 31.9 Å². The fourth-order valence-electron chi connectivity index (χ4n) is 7.73. The quantitative estimate of drug-likeness (QED) is 0.0851. The molecule has 1 aliphatic heterocycles. The summed E-state index contributed by atoms with van der Waals surface area (Å²) in [7, 11) is 1.67. The third-order valence-corrected chi connectivity index (χ3v) is 10.6. The highest BCUT2D eigenvalue weighted by Gasteiger charge is 2.19. The van der Waals surface area contributed by atoms with E-state index >= 15 is 0 Å². The minimum absolute atomic E-state index is 0.552. The van der Waals surface area contributed by atoms with Crippen LogP contribution in [0.3, 0.4) is 0 Å². The molecule has 0 saturated heterocycles. The molecule has 9 heteroatoms. The molecule has 9 rings (SSSR count). The van der Waals surface area contributed by atoms with E-state index in [4.69, 9.17) is 21.8 Å². The largest absolute Gasteiger partial charge is 0.497 e. The van der Waals surface area contributed by atoms with Crippen molar-refractivity contribution in [2.75, 3.05) is 20.3 Å². The van der Waals surface area contributed by atoms with Gasteiger partial charge < -0.3 is 35.1 Å². The van der Waals surface area contributed by atoms with Crippen LogP contribution in [-0.2, 0) is 0 Å². The predicted molar refractivity (Wildman–Crippen MR) is 231 cm³/mol. The number of fused-ring (bicyclic) bond motifs is 8. The second-order valence-corrected chi connectivity index (χ2v) is 14.2. The number of hydrogen-bond donors (Lipinski definition) is 5. The molecule has 5 heterocycles. The average Bonchev–Trinajstić information content (AvgIpc) is 4.13. The van der Waals surface area contributed by atoms with Crippen molar-refractivity contribution in [3.63, 3.8) is 0 Å². The van der Waals surface area contributed by atoms with Gasteiger partial charge in [-0.25, -0.2) is 4.85 Å². The van der Waals surface area contributed by atoms with Crippen LogP contribution in [0.4, 0.5) is 5.69 Å². The molecular weight excluding hydrogens is 731 g/mol. The zero-order chi connectivity index (χ0) is 40.3. The van der Waals surface area contributed by atoms with Crippen LogP contribution in [0.1, 0.15) is 57.0 Å². The fourth-order valence-corrected chi connectivity index (χ4v) is 7.73. The van der Waals surface area contributed by atoms with Crippen molar-refractivity contribution < 1.29 is 9.47 Å². The van der Waals surface area contributed by atoms with E-state index in [1.165, 1.54) is 0 Å². The molecule has 0 saturated carbocycles. The van der Waals surface area contributed by atoms with E-state index < -0.39 is 0 Å². The maximum Gasteiger partial charge on any atom is 0.187 e. The van der Waals surface area contributed by atoms with Gasteiger partial charge in [-0.05, 0) is 120 Å². The van der Waals surface area contributed by atoms with E-state index in [1.54, 1.807) is 7.11 Å². The molecule has 4 aromatic heterocycles. The van der Waals surface area contributed by atoms with Gasteiger partial charge in [0.15, 0.2) is 5.69 Å². The van der Waals surface area contributed by atoms with Crippen molar-refractivity contribution in [2.45, 2.75) is 6.42 Å². The van der Waals surface area contributed by atoms with Gasteiger partial charge in [0.1, 0.15) is 11.5 Å². The third kappa shape index (κ3) is 7.15. The lowest BCUT2D eigenvalue weighted by atomic mass is 10.0. The van der Waals surface area contributed by atoms with Crippen LogP contribution < -0.4 is 36.6 Å². The Kier molecular flexibility index (Phi) is 9.86. The molecule has 59 heavy (non-hydrogen) atoms. The van der Waals surface area contributed by atoms with Gasteiger partial charge in [0.25, 0.3) is 0 Å². The Bertz CT molecular complexity index is 3150. The molecule has 6 N–H and O–H groups in total. The van der Waals surface area contributed by atoms with E-state index in [1.807, 2.05) is 72.8 Å². The Balaban J connectivity index is 1.36. The lowest BCUT2D eigenvalue weighted by Gasteiger charge is -2.11. The average molecular weight is 770 g/mol. The number of nitrogens with one attached hydrogen (secondary N) is 4. The number of nitriles is 1. The first-order valence-electron chi connectivity index (χ1n) is 19.4. The van der Waals surface area contributed by atoms with Crippen molar-refractivity contribution >= 4 is 28.0 Å². The summed E-state index contributed by atoms with van der Waals surface area (Å²) in [4.78, 5) is 18.8. The van der Waals surface area contributed by atoms with Gasteiger partial charge in [-0.1, -0.05) is 60.7 Å². The zero-order valence-electron chi connectivity index (χ0n) is 32.3. The molecule has 0 amide bonds. The van der Waals surface area contributed by atoms with Gasteiger partial charge in [0, 0.05) is 66.5 Å². The minimum atomic E-state index is 0.552. The Hall–Kier alpha value is -7.98. The number of hydrogen-bond acceptors (Lipinski definition) is 4. The van der Waals surface area contributed by atoms with E-state index in [0.29, 0.717) is 24.4 Å². The topological polar surface area (TPSA) is 136 Å². The molecule has 286 valence electrons. The first kappa shape index (κ1) is 36.6. The Morgan fingerprint density at radius 1 is 0.525 bits per heavy atom. The number of ether oxygens (including phenoxy) is 2. The SMILES string of the molecule is [C-]#[N+]c1ccc(C2=c3ccc([nH]3)=C(c3ccc(OCCCN)cc3)c3ccc([nH]3)C(c3ccc(C#N)cc3)=c3ccc([nH]3)=C(c3ccc(OC)cc3)c3ccc2[nH]3)cc1. The molecule has 4 aromatic carbocycles. The fraction of sp³-hybridized carbons (Fsp3) is 0.0800. The molecule has 0 unspecified atom stereocenters. The number of nitrogens with zero attached hydrogens (tertiary/aromatic N) is 2. The second kappa shape index (κ2) is 15.9. The molecule has 8 aromatic rings. The van der Waals surface area contributed by atoms with Crippen LogP contribution in [0.25, 0.3) is 27.1 Å². The summed E-state index contributed by atoms with van der Waals surface area (Å²) in [5, 5.41) is 13.3. The molecule has 0 radical (unpaired) electrons. The molecule has 0 spiro atoms. The number of aromatic amines is 4. The van der Waals surface area contributed by atoms with Gasteiger partial charge in [-0.15, -0.1) is 0 Å². The summed E-state index contributed by atoms with van der Waals surface area (Å²) >= 11 is 0. The summed E-state index contributed by atoms with van der Waals surface area (Å²) in [6, 6.07) is 50.8. The number of aromatic nitrogens is 4. The van der Waals surface area contributed by atoms with Gasteiger partial charge in [-0.3, -0.25) is 0 Å². The highest BCUT2D eigenvalue weighted by Crippen LogP contribution is 2.30. The number of methoxy groups -OCH3 is 1. The summed E-state index contributed by atoms with van der Waals surface area (Å²) in [6.45, 7) is 8.71. The summed E-state index contributed by atoms with van der Waals surface area (Å²) < 4.78 is 11.5. The summed E-state index contributed by atoms with van der Waals surface area (Å²) in [5.41, 5.74) is 18.3. The predicted octanol–water partition coefficient (Wildman–Crippen LogP) is 6.46. The normalized spacial score (nSPS) is 12.3.